The second-order valence-electron chi connectivity index (χ2n) is 6.58. The lowest BCUT2D eigenvalue weighted by Crippen LogP contribution is -2.49. The molecule has 1 aliphatic rings. The van der Waals surface area contributed by atoms with Gasteiger partial charge in [0.05, 0.1) is 17.4 Å². The quantitative estimate of drug-likeness (QED) is 0.904. The fourth-order valence-electron chi connectivity index (χ4n) is 3.28. The summed E-state index contributed by atoms with van der Waals surface area (Å²) in [6, 6.07) is 4.94. The number of nitrogens with two attached hydrogens (primary N) is 1. The zero-order chi connectivity index (χ0) is 18.9. The zero-order valence-corrected chi connectivity index (χ0v) is 14.3. The molecule has 0 spiro atoms. The SMILES string of the molecule is CC1CCN(C(=O)c2cn(-c3ccccc3C(F)(F)F)nn2)C(CN)C1. The maximum atomic E-state index is 13.2. The number of alkyl halides is 3. The number of rotatable bonds is 3. The third-order valence-corrected chi connectivity index (χ3v) is 4.68. The topological polar surface area (TPSA) is 77.0 Å². The molecule has 2 aromatic rings. The van der Waals surface area contributed by atoms with E-state index >= 15 is 0 Å². The van der Waals surface area contributed by atoms with E-state index in [1.807, 2.05) is 0 Å². The average molecular weight is 367 g/mol. The minimum Gasteiger partial charge on any atom is -0.333 e. The van der Waals surface area contributed by atoms with E-state index in [1.165, 1.54) is 24.4 Å². The van der Waals surface area contributed by atoms with Crippen LogP contribution in [0, 0.1) is 5.92 Å². The molecule has 0 radical (unpaired) electrons. The summed E-state index contributed by atoms with van der Waals surface area (Å²) in [5, 5.41) is 7.52. The smallest absolute Gasteiger partial charge is 0.333 e. The predicted octanol–water partition coefficient (Wildman–Crippen LogP) is 2.49. The summed E-state index contributed by atoms with van der Waals surface area (Å²) < 4.78 is 40.5. The van der Waals surface area contributed by atoms with Crippen LogP contribution in [0.1, 0.15) is 35.8 Å². The average Bonchev–Trinajstić information content (AvgIpc) is 3.10. The number of para-hydroxylation sites is 1. The van der Waals surface area contributed by atoms with Crippen molar-refractivity contribution in [1.82, 2.24) is 19.9 Å². The van der Waals surface area contributed by atoms with Gasteiger partial charge in [0, 0.05) is 19.1 Å². The first-order chi connectivity index (χ1) is 12.3. The number of carbonyl (C=O) groups is 1. The predicted molar refractivity (Wildman–Crippen MR) is 88.6 cm³/mol. The maximum absolute atomic E-state index is 13.2. The molecular weight excluding hydrogens is 347 g/mol. The van der Waals surface area contributed by atoms with Crippen molar-refractivity contribution in [3.05, 3.63) is 41.7 Å². The second-order valence-corrected chi connectivity index (χ2v) is 6.58. The Morgan fingerprint density at radius 2 is 2.08 bits per heavy atom. The molecule has 6 nitrogen and oxygen atoms in total. The Balaban J connectivity index is 1.88. The van der Waals surface area contributed by atoms with Gasteiger partial charge in [-0.05, 0) is 30.9 Å². The lowest BCUT2D eigenvalue weighted by atomic mass is 9.92. The third-order valence-electron chi connectivity index (χ3n) is 4.68. The van der Waals surface area contributed by atoms with Gasteiger partial charge in [-0.15, -0.1) is 5.10 Å². The molecule has 1 saturated heterocycles. The molecule has 140 valence electrons. The second kappa shape index (κ2) is 7.06. The van der Waals surface area contributed by atoms with Gasteiger partial charge >= 0.3 is 6.18 Å². The van der Waals surface area contributed by atoms with Crippen molar-refractivity contribution in [3.8, 4) is 5.69 Å². The molecule has 2 heterocycles. The van der Waals surface area contributed by atoms with Crippen LogP contribution in [0.2, 0.25) is 0 Å². The molecule has 2 N–H and O–H groups in total. The number of carbonyl (C=O) groups excluding carboxylic acids is 1. The third kappa shape index (κ3) is 3.57. The number of likely N-dealkylation sites (tertiary alicyclic amines) is 1. The molecule has 2 atom stereocenters. The summed E-state index contributed by atoms with van der Waals surface area (Å²) in [6.45, 7) is 2.99. The van der Waals surface area contributed by atoms with Crippen molar-refractivity contribution >= 4 is 5.91 Å². The van der Waals surface area contributed by atoms with Crippen molar-refractivity contribution in [1.29, 1.82) is 0 Å². The van der Waals surface area contributed by atoms with E-state index in [0.29, 0.717) is 19.0 Å². The van der Waals surface area contributed by atoms with Gasteiger partial charge in [-0.2, -0.15) is 13.2 Å². The number of nitrogens with zero attached hydrogens (tertiary/aromatic N) is 4. The van der Waals surface area contributed by atoms with Gasteiger partial charge in [-0.1, -0.05) is 24.3 Å². The van der Waals surface area contributed by atoms with Gasteiger partial charge in [0.2, 0.25) is 0 Å². The van der Waals surface area contributed by atoms with Crippen LogP contribution >= 0.6 is 0 Å². The fourth-order valence-corrected chi connectivity index (χ4v) is 3.28. The molecule has 0 aliphatic carbocycles. The Hall–Kier alpha value is -2.42. The number of aromatic nitrogens is 3. The first-order valence-corrected chi connectivity index (χ1v) is 8.41. The summed E-state index contributed by atoms with van der Waals surface area (Å²) in [7, 11) is 0. The van der Waals surface area contributed by atoms with E-state index in [2.05, 4.69) is 17.2 Å². The molecule has 1 aromatic heterocycles. The monoisotopic (exact) mass is 367 g/mol. The van der Waals surface area contributed by atoms with Crippen molar-refractivity contribution < 1.29 is 18.0 Å². The lowest BCUT2D eigenvalue weighted by molar-refractivity contribution is -0.137. The van der Waals surface area contributed by atoms with Gasteiger partial charge in [0.1, 0.15) is 0 Å². The fraction of sp³-hybridized carbons (Fsp3) is 0.471. The Labute approximate surface area is 148 Å². The number of amides is 1. The van der Waals surface area contributed by atoms with Crippen molar-refractivity contribution in [2.45, 2.75) is 32.0 Å². The van der Waals surface area contributed by atoms with Crippen LogP contribution in [-0.4, -0.2) is 44.9 Å². The molecular formula is C17H20F3N5O. The highest BCUT2D eigenvalue weighted by atomic mass is 19.4. The summed E-state index contributed by atoms with van der Waals surface area (Å²) >= 11 is 0. The normalized spacial score (nSPS) is 21.0. The number of hydrogen-bond acceptors (Lipinski definition) is 4. The van der Waals surface area contributed by atoms with Crippen LogP contribution in [0.4, 0.5) is 13.2 Å². The molecule has 0 bridgehead atoms. The molecule has 0 saturated carbocycles. The Morgan fingerprint density at radius 1 is 1.35 bits per heavy atom. The first kappa shape index (κ1) is 18.4. The van der Waals surface area contributed by atoms with Gasteiger partial charge in [0.15, 0.2) is 5.69 Å². The van der Waals surface area contributed by atoms with Crippen LogP contribution in [0.3, 0.4) is 0 Å². The van der Waals surface area contributed by atoms with E-state index in [9.17, 15) is 18.0 Å². The molecule has 9 heteroatoms. The first-order valence-electron chi connectivity index (χ1n) is 8.41. The summed E-state index contributed by atoms with van der Waals surface area (Å²) in [5.74, 6) is 0.116. The molecule has 1 amide bonds. The number of benzene rings is 1. The summed E-state index contributed by atoms with van der Waals surface area (Å²) in [4.78, 5) is 14.4. The molecule has 1 aromatic carbocycles. The van der Waals surface area contributed by atoms with Crippen LogP contribution in [0.15, 0.2) is 30.5 Å². The highest BCUT2D eigenvalue weighted by Gasteiger charge is 2.35. The van der Waals surface area contributed by atoms with Gasteiger partial charge in [0.25, 0.3) is 5.91 Å². The molecule has 1 fully saturated rings. The molecule has 26 heavy (non-hydrogen) atoms. The largest absolute Gasteiger partial charge is 0.418 e. The maximum Gasteiger partial charge on any atom is 0.418 e. The van der Waals surface area contributed by atoms with E-state index in [1.54, 1.807) is 4.90 Å². The summed E-state index contributed by atoms with van der Waals surface area (Å²) in [5.41, 5.74) is 4.78. The molecule has 3 rings (SSSR count). The van der Waals surface area contributed by atoms with Gasteiger partial charge < -0.3 is 10.6 Å². The summed E-state index contributed by atoms with van der Waals surface area (Å²) in [6.07, 6.45) is -1.64. The number of hydrogen-bond donors (Lipinski definition) is 1. The Kier molecular flexibility index (Phi) is 4.99. The standard InChI is InChI=1S/C17H20F3N5O/c1-11-6-7-24(12(8-11)9-21)16(26)14-10-25(23-22-14)15-5-3-2-4-13(15)17(18,19)20/h2-5,10-12H,6-9,21H2,1H3. The van der Waals surface area contributed by atoms with Crippen LogP contribution in [-0.2, 0) is 6.18 Å². The molecule has 1 aliphatic heterocycles. The minimum absolute atomic E-state index is 0.00924. The lowest BCUT2D eigenvalue weighted by Gasteiger charge is -2.37. The van der Waals surface area contributed by atoms with Crippen LogP contribution in [0.5, 0.6) is 0 Å². The van der Waals surface area contributed by atoms with Crippen LogP contribution < -0.4 is 5.73 Å². The van der Waals surface area contributed by atoms with Gasteiger partial charge in [-0.25, -0.2) is 4.68 Å². The van der Waals surface area contributed by atoms with E-state index in [4.69, 9.17) is 5.73 Å². The highest BCUT2D eigenvalue weighted by Crippen LogP contribution is 2.33. The Bertz CT molecular complexity index is 789. The number of halogens is 3. The van der Waals surface area contributed by atoms with Crippen molar-refractivity contribution in [2.75, 3.05) is 13.1 Å². The van der Waals surface area contributed by atoms with E-state index in [0.717, 1.165) is 23.6 Å². The van der Waals surface area contributed by atoms with E-state index in [-0.39, 0.29) is 23.3 Å². The zero-order valence-electron chi connectivity index (χ0n) is 14.3. The van der Waals surface area contributed by atoms with E-state index < -0.39 is 11.7 Å². The van der Waals surface area contributed by atoms with Gasteiger partial charge in [-0.3, -0.25) is 4.79 Å². The van der Waals surface area contributed by atoms with Crippen molar-refractivity contribution in [3.63, 3.8) is 0 Å². The minimum atomic E-state index is -4.53. The molecule has 2 unspecified atom stereocenters. The van der Waals surface area contributed by atoms with Crippen LogP contribution in [0.25, 0.3) is 5.69 Å². The number of piperidine rings is 1. The highest BCUT2D eigenvalue weighted by molar-refractivity contribution is 5.92. The van der Waals surface area contributed by atoms with Crippen molar-refractivity contribution in [2.24, 2.45) is 11.7 Å². The Morgan fingerprint density at radius 3 is 2.77 bits per heavy atom.